The Kier molecular flexibility index (Phi) is 5.01. The topological polar surface area (TPSA) is 101 Å². The van der Waals surface area contributed by atoms with Gasteiger partial charge in [-0.25, -0.2) is 19.5 Å². The predicted octanol–water partition coefficient (Wildman–Crippen LogP) is 0.852. The van der Waals surface area contributed by atoms with Gasteiger partial charge in [0.05, 0.1) is 6.20 Å². The van der Waals surface area contributed by atoms with Crippen LogP contribution in [0, 0.1) is 0 Å². The monoisotopic (exact) mass is 385 g/mol. The zero-order valence-corrected chi connectivity index (χ0v) is 15.5. The minimum Gasteiger partial charge on any atom is -0.370 e. The molecule has 27 heavy (non-hydrogen) atoms. The summed E-state index contributed by atoms with van der Waals surface area (Å²) in [6, 6.07) is 1.82. The van der Waals surface area contributed by atoms with E-state index in [1.807, 2.05) is 12.3 Å². The van der Waals surface area contributed by atoms with E-state index in [2.05, 4.69) is 34.8 Å². The molecule has 0 aliphatic carbocycles. The lowest BCUT2D eigenvalue weighted by molar-refractivity contribution is 0.378. The third kappa shape index (κ3) is 3.92. The summed E-state index contributed by atoms with van der Waals surface area (Å²) < 4.78 is 1.68. The first-order valence-corrected chi connectivity index (χ1v) is 9.13. The Labute approximate surface area is 161 Å². The summed E-state index contributed by atoms with van der Waals surface area (Å²) in [5.74, 6) is 1.33. The normalized spacial score (nSPS) is 15.5. The summed E-state index contributed by atoms with van der Waals surface area (Å²) in [6.45, 7) is 3.83. The van der Waals surface area contributed by atoms with Crippen LogP contribution >= 0.6 is 11.6 Å². The highest BCUT2D eigenvalue weighted by Gasteiger charge is 2.19. The van der Waals surface area contributed by atoms with Crippen LogP contribution in [0.1, 0.15) is 5.56 Å². The molecule has 4 heterocycles. The van der Waals surface area contributed by atoms with Gasteiger partial charge in [0.25, 0.3) is 0 Å². The number of anilines is 1. The Morgan fingerprint density at radius 3 is 2.67 bits per heavy atom. The number of halogens is 1. The number of piperazine rings is 1. The van der Waals surface area contributed by atoms with Gasteiger partial charge in [-0.05, 0) is 18.1 Å². The van der Waals surface area contributed by atoms with Crippen molar-refractivity contribution in [3.05, 3.63) is 47.6 Å². The Hall–Kier alpha value is -2.94. The van der Waals surface area contributed by atoms with E-state index in [-0.39, 0.29) is 0 Å². The van der Waals surface area contributed by atoms with Gasteiger partial charge in [0.1, 0.15) is 5.02 Å². The summed E-state index contributed by atoms with van der Waals surface area (Å²) in [5, 5.41) is 4.71. The number of nitrogens with zero attached hydrogens (tertiary/aromatic N) is 8. The number of aromatic nitrogens is 5. The fourth-order valence-corrected chi connectivity index (χ4v) is 3.18. The molecule has 140 valence electrons. The molecule has 0 bridgehead atoms. The molecule has 1 fully saturated rings. The first-order valence-electron chi connectivity index (χ1n) is 8.75. The molecule has 3 aromatic heterocycles. The minimum absolute atomic E-state index is 0.545. The predicted molar refractivity (Wildman–Crippen MR) is 104 cm³/mol. The van der Waals surface area contributed by atoms with Gasteiger partial charge in [0, 0.05) is 57.5 Å². The highest BCUT2D eigenvalue weighted by molar-refractivity contribution is 6.33. The van der Waals surface area contributed by atoms with Crippen LogP contribution in [-0.2, 0) is 6.42 Å². The second-order valence-electron chi connectivity index (χ2n) is 6.24. The zero-order chi connectivity index (χ0) is 18.6. The Bertz CT molecular complexity index is 932. The van der Waals surface area contributed by atoms with Crippen molar-refractivity contribution in [3.8, 4) is 0 Å². The summed E-state index contributed by atoms with van der Waals surface area (Å²) in [6.07, 6.45) is 9.55. The van der Waals surface area contributed by atoms with Gasteiger partial charge in [-0.2, -0.15) is 5.10 Å². The number of hydrogen-bond acceptors (Lipinski definition) is 6. The molecular weight excluding hydrogens is 366 g/mol. The van der Waals surface area contributed by atoms with E-state index in [1.54, 1.807) is 29.3 Å². The van der Waals surface area contributed by atoms with E-state index in [9.17, 15) is 0 Å². The van der Waals surface area contributed by atoms with E-state index < -0.39 is 0 Å². The molecule has 0 atom stereocenters. The number of guanidine groups is 1. The first kappa shape index (κ1) is 17.5. The van der Waals surface area contributed by atoms with Crippen LogP contribution in [0.25, 0.3) is 5.65 Å². The molecule has 0 spiro atoms. The van der Waals surface area contributed by atoms with Crippen LogP contribution in [0.2, 0.25) is 5.02 Å². The number of fused-ring (bicyclic) bond motifs is 1. The molecule has 2 N–H and O–H groups in total. The molecule has 4 rings (SSSR count). The van der Waals surface area contributed by atoms with Crippen molar-refractivity contribution in [1.29, 1.82) is 0 Å². The summed E-state index contributed by atoms with van der Waals surface area (Å²) >= 11 is 6.01. The second kappa shape index (κ2) is 7.75. The van der Waals surface area contributed by atoms with E-state index >= 15 is 0 Å². The maximum absolute atomic E-state index is 6.17. The SMILES string of the molecule is NC(=NCCc1cnc2c(Cl)cnn2c1)N1CCN(c2ncccn2)CC1. The lowest BCUT2D eigenvalue weighted by atomic mass is 10.2. The maximum Gasteiger partial charge on any atom is 0.225 e. The van der Waals surface area contributed by atoms with Gasteiger partial charge in [-0.15, -0.1) is 0 Å². The van der Waals surface area contributed by atoms with Crippen LogP contribution in [0.4, 0.5) is 5.95 Å². The van der Waals surface area contributed by atoms with Crippen molar-refractivity contribution in [2.45, 2.75) is 6.42 Å². The standard InChI is InChI=1S/C17H20ClN9/c18-14-11-24-27-12-13(10-23-15(14)27)2-5-20-16(19)25-6-8-26(9-7-25)17-21-3-1-4-22-17/h1,3-4,10-12H,2,5-9H2,(H2,19,20). The summed E-state index contributed by atoms with van der Waals surface area (Å²) in [5.41, 5.74) is 7.85. The quantitative estimate of drug-likeness (QED) is 0.524. The molecule has 3 aromatic rings. The lowest BCUT2D eigenvalue weighted by Crippen LogP contribution is -2.51. The van der Waals surface area contributed by atoms with Gasteiger partial charge in [-0.1, -0.05) is 11.6 Å². The van der Waals surface area contributed by atoms with Gasteiger partial charge in [-0.3, -0.25) is 4.99 Å². The largest absolute Gasteiger partial charge is 0.370 e. The average Bonchev–Trinajstić information content (AvgIpc) is 3.09. The van der Waals surface area contributed by atoms with Crippen LogP contribution in [0.5, 0.6) is 0 Å². The van der Waals surface area contributed by atoms with E-state index in [0.29, 0.717) is 23.2 Å². The molecule has 9 nitrogen and oxygen atoms in total. The molecule has 0 amide bonds. The van der Waals surface area contributed by atoms with Crippen molar-refractivity contribution < 1.29 is 0 Å². The average molecular weight is 386 g/mol. The molecule has 0 saturated carbocycles. The van der Waals surface area contributed by atoms with E-state index in [4.69, 9.17) is 17.3 Å². The van der Waals surface area contributed by atoms with Crippen molar-refractivity contribution in [2.75, 3.05) is 37.6 Å². The Morgan fingerprint density at radius 1 is 1.11 bits per heavy atom. The maximum atomic E-state index is 6.17. The highest BCUT2D eigenvalue weighted by Crippen LogP contribution is 2.14. The molecule has 0 unspecified atom stereocenters. The van der Waals surface area contributed by atoms with Crippen LogP contribution in [-0.4, -0.2) is 68.1 Å². The molecule has 1 aliphatic heterocycles. The van der Waals surface area contributed by atoms with Gasteiger partial charge in [0.15, 0.2) is 11.6 Å². The van der Waals surface area contributed by atoms with Crippen LogP contribution in [0.3, 0.4) is 0 Å². The van der Waals surface area contributed by atoms with Gasteiger partial charge >= 0.3 is 0 Å². The summed E-state index contributed by atoms with van der Waals surface area (Å²) in [4.78, 5) is 21.7. The first-order chi connectivity index (χ1) is 13.2. The molecule has 0 aromatic carbocycles. The fraction of sp³-hybridized carbons (Fsp3) is 0.353. The smallest absolute Gasteiger partial charge is 0.225 e. The van der Waals surface area contributed by atoms with Gasteiger partial charge in [0.2, 0.25) is 5.95 Å². The second-order valence-corrected chi connectivity index (χ2v) is 6.64. The van der Waals surface area contributed by atoms with Crippen molar-refractivity contribution in [3.63, 3.8) is 0 Å². The Morgan fingerprint density at radius 2 is 1.89 bits per heavy atom. The van der Waals surface area contributed by atoms with Crippen molar-refractivity contribution in [2.24, 2.45) is 10.7 Å². The number of hydrogen-bond donors (Lipinski definition) is 1. The summed E-state index contributed by atoms with van der Waals surface area (Å²) in [7, 11) is 0. The molecule has 0 radical (unpaired) electrons. The van der Waals surface area contributed by atoms with E-state index in [1.165, 1.54) is 0 Å². The van der Waals surface area contributed by atoms with Crippen molar-refractivity contribution in [1.82, 2.24) is 29.5 Å². The molecular formula is C17H20ClN9. The van der Waals surface area contributed by atoms with Gasteiger partial charge < -0.3 is 15.5 Å². The minimum atomic E-state index is 0.545. The van der Waals surface area contributed by atoms with Crippen molar-refractivity contribution >= 4 is 29.2 Å². The molecule has 1 saturated heterocycles. The van der Waals surface area contributed by atoms with Crippen LogP contribution in [0.15, 0.2) is 42.0 Å². The number of nitrogens with two attached hydrogens (primary N) is 1. The Balaban J connectivity index is 1.30. The third-order valence-corrected chi connectivity index (χ3v) is 4.75. The number of rotatable bonds is 4. The zero-order valence-electron chi connectivity index (χ0n) is 14.7. The fourth-order valence-electron chi connectivity index (χ4n) is 3.00. The van der Waals surface area contributed by atoms with E-state index in [0.717, 1.165) is 44.1 Å². The molecule has 1 aliphatic rings. The third-order valence-electron chi connectivity index (χ3n) is 4.48. The number of aliphatic imine (C=N–C) groups is 1. The van der Waals surface area contributed by atoms with Crippen LogP contribution < -0.4 is 10.6 Å². The molecule has 10 heteroatoms. The highest BCUT2D eigenvalue weighted by atomic mass is 35.5. The lowest BCUT2D eigenvalue weighted by Gasteiger charge is -2.35.